The number of alkyl halides is 1. The summed E-state index contributed by atoms with van der Waals surface area (Å²) in [6.07, 6.45) is 7.44. The van der Waals surface area contributed by atoms with Gasteiger partial charge in [0, 0.05) is 104 Å². The van der Waals surface area contributed by atoms with E-state index >= 15 is 0 Å². The van der Waals surface area contributed by atoms with Crippen molar-refractivity contribution in [2.24, 2.45) is 0 Å². The van der Waals surface area contributed by atoms with Gasteiger partial charge in [0.2, 0.25) is 0 Å². The number of benzene rings is 5. The van der Waals surface area contributed by atoms with Crippen molar-refractivity contribution in [3.63, 3.8) is 0 Å². The molecule has 0 radical (unpaired) electrons. The van der Waals surface area contributed by atoms with Crippen LogP contribution in [0.15, 0.2) is 126 Å². The summed E-state index contributed by atoms with van der Waals surface area (Å²) < 4.78 is 33.7. The summed E-state index contributed by atoms with van der Waals surface area (Å²) in [5, 5.41) is 5.30. The molecule has 75 heavy (non-hydrogen) atoms. The number of fused-ring (bicyclic) bond motifs is 6. The van der Waals surface area contributed by atoms with Gasteiger partial charge in [0.1, 0.15) is 29.1 Å². The number of nitrogens with one attached hydrogen (secondary N) is 1. The third kappa shape index (κ3) is 15.1. The summed E-state index contributed by atoms with van der Waals surface area (Å²) in [5.41, 5.74) is 4.66. The number of hydrogen-bond acceptors (Lipinski definition) is 9. The minimum Gasteiger partial charge on any atom is -0.315 e. The Morgan fingerprint density at radius 2 is 0.933 bits per heavy atom. The summed E-state index contributed by atoms with van der Waals surface area (Å²) in [4.78, 5) is 56.4. The van der Waals surface area contributed by atoms with E-state index in [1.165, 1.54) is 28.7 Å². The zero-order valence-electron chi connectivity index (χ0n) is 42.2. The van der Waals surface area contributed by atoms with E-state index < -0.39 is 0 Å². The molecule has 8 aromatic rings. The highest BCUT2D eigenvalue weighted by atomic mass is 127. The smallest absolute Gasteiger partial charge is 0.261 e. The molecule has 17 heteroatoms. The topological polar surface area (TPSA) is 123 Å². The SMILES string of the molecule is C#Cc1ccc(F)cc1.CCI.CCN1CCc2nc3cc(Br)ccc3c(=O)n2CC1.CCN1CCc2nc3cc(C#Cc4ccc(F)cc4)ccc3c(=O)n2CC1.O=c1c2ccc(Br)cc2nc2n1CCNCC2. The first-order valence-corrected chi connectivity index (χ1v) is 28.1. The fraction of sp³-hybridized carbons (Fsp3) is 0.310. The highest BCUT2D eigenvalue weighted by Gasteiger charge is 2.19. The first-order valence-electron chi connectivity index (χ1n) is 24.9. The third-order valence-corrected chi connectivity index (χ3v) is 13.7. The number of terminal acetylenes is 1. The monoisotopic (exact) mass is 1250 g/mol. The molecule has 0 bridgehead atoms. The molecule has 0 saturated heterocycles. The maximum absolute atomic E-state index is 13.0. The second-order valence-electron chi connectivity index (χ2n) is 17.6. The molecule has 0 fully saturated rings. The quantitative estimate of drug-likeness (QED) is 0.103. The minimum absolute atomic E-state index is 0.0194. The molecule has 1 N–H and O–H groups in total. The van der Waals surface area contributed by atoms with Crippen LogP contribution < -0.4 is 22.0 Å². The highest BCUT2D eigenvalue weighted by molar-refractivity contribution is 14.1. The van der Waals surface area contributed by atoms with E-state index in [1.807, 2.05) is 57.7 Å². The minimum atomic E-state index is -0.279. The van der Waals surface area contributed by atoms with Gasteiger partial charge in [-0.2, -0.15) is 0 Å². The molecule has 0 saturated carbocycles. The van der Waals surface area contributed by atoms with Crippen molar-refractivity contribution in [1.29, 1.82) is 0 Å². The lowest BCUT2D eigenvalue weighted by molar-refractivity contribution is 0.294. The van der Waals surface area contributed by atoms with Crippen LogP contribution in [0, 0.1) is 35.8 Å². The number of aromatic nitrogens is 6. The lowest BCUT2D eigenvalue weighted by atomic mass is 10.1. The number of nitrogens with zero attached hydrogens (tertiary/aromatic N) is 8. The van der Waals surface area contributed by atoms with E-state index in [-0.39, 0.29) is 28.3 Å². The van der Waals surface area contributed by atoms with Gasteiger partial charge in [-0.25, -0.2) is 23.7 Å². The molecule has 388 valence electrons. The van der Waals surface area contributed by atoms with Crippen LogP contribution in [0.1, 0.15) is 54.9 Å². The Hall–Kier alpha value is -5.93. The normalized spacial score (nSPS) is 14.1. The molecule has 0 aliphatic carbocycles. The Labute approximate surface area is 466 Å². The van der Waals surface area contributed by atoms with Crippen molar-refractivity contribution in [2.45, 2.75) is 59.7 Å². The zero-order chi connectivity index (χ0) is 53.4. The highest BCUT2D eigenvalue weighted by Crippen LogP contribution is 2.19. The van der Waals surface area contributed by atoms with Crippen LogP contribution in [0.4, 0.5) is 8.78 Å². The Morgan fingerprint density at radius 1 is 0.533 bits per heavy atom. The van der Waals surface area contributed by atoms with Gasteiger partial charge in [0.15, 0.2) is 0 Å². The predicted octanol–water partition coefficient (Wildman–Crippen LogP) is 9.40. The maximum atomic E-state index is 13.0. The van der Waals surface area contributed by atoms with Gasteiger partial charge >= 0.3 is 0 Å². The van der Waals surface area contributed by atoms with E-state index in [4.69, 9.17) is 11.4 Å². The molecular formula is C58H58Br2F2IN9O3. The third-order valence-electron chi connectivity index (χ3n) is 12.7. The van der Waals surface area contributed by atoms with Crippen LogP contribution in [-0.4, -0.2) is 95.2 Å². The summed E-state index contributed by atoms with van der Waals surface area (Å²) >= 11 is 9.13. The van der Waals surface area contributed by atoms with E-state index in [2.05, 4.69) is 118 Å². The van der Waals surface area contributed by atoms with Crippen LogP contribution in [-0.2, 0) is 38.9 Å². The van der Waals surface area contributed by atoms with E-state index in [0.29, 0.717) is 40.3 Å². The molecule has 0 atom stereocenters. The maximum Gasteiger partial charge on any atom is 0.261 e. The molecule has 6 heterocycles. The Morgan fingerprint density at radius 3 is 1.40 bits per heavy atom. The molecule has 0 spiro atoms. The second kappa shape index (κ2) is 27.7. The first kappa shape index (κ1) is 56.8. The number of hydrogen-bond donors (Lipinski definition) is 1. The molecule has 0 unspecified atom stereocenters. The van der Waals surface area contributed by atoms with Crippen molar-refractivity contribution < 1.29 is 8.78 Å². The van der Waals surface area contributed by atoms with Gasteiger partial charge in [0.25, 0.3) is 16.7 Å². The fourth-order valence-corrected chi connectivity index (χ4v) is 9.38. The lowest BCUT2D eigenvalue weighted by Crippen LogP contribution is -2.28. The Kier molecular flexibility index (Phi) is 21.0. The summed E-state index contributed by atoms with van der Waals surface area (Å²) in [6, 6.07) is 28.7. The second-order valence-corrected chi connectivity index (χ2v) is 20.9. The van der Waals surface area contributed by atoms with Crippen LogP contribution in [0.2, 0.25) is 0 Å². The van der Waals surface area contributed by atoms with E-state index in [9.17, 15) is 23.2 Å². The van der Waals surface area contributed by atoms with Crippen molar-refractivity contribution in [3.8, 4) is 24.2 Å². The first-order chi connectivity index (χ1) is 36.3. The van der Waals surface area contributed by atoms with Crippen LogP contribution in [0.5, 0.6) is 0 Å². The summed E-state index contributed by atoms with van der Waals surface area (Å²) in [6.45, 7) is 15.9. The molecule has 0 amide bonds. The average molecular weight is 1250 g/mol. The Balaban J connectivity index is 0.000000151. The summed E-state index contributed by atoms with van der Waals surface area (Å²) in [7, 11) is 0. The lowest BCUT2D eigenvalue weighted by Gasteiger charge is -2.15. The Bertz CT molecular complexity index is 3570. The number of rotatable bonds is 2. The van der Waals surface area contributed by atoms with Crippen molar-refractivity contribution in [1.82, 2.24) is 43.8 Å². The van der Waals surface area contributed by atoms with Crippen molar-refractivity contribution in [2.75, 3.05) is 56.8 Å². The molecule has 11 rings (SSSR count). The van der Waals surface area contributed by atoms with Gasteiger partial charge in [-0.05, 0) is 121 Å². The van der Waals surface area contributed by atoms with Gasteiger partial charge in [0.05, 0.1) is 32.7 Å². The van der Waals surface area contributed by atoms with Crippen LogP contribution in [0.3, 0.4) is 0 Å². The van der Waals surface area contributed by atoms with Gasteiger partial charge in [-0.1, -0.05) is 93.0 Å². The molecule has 5 aromatic carbocycles. The molecule has 12 nitrogen and oxygen atoms in total. The molecule has 3 aromatic heterocycles. The van der Waals surface area contributed by atoms with Crippen molar-refractivity contribution in [3.05, 3.63) is 189 Å². The largest absolute Gasteiger partial charge is 0.315 e. The van der Waals surface area contributed by atoms with Gasteiger partial charge in [-0.15, -0.1) is 6.42 Å². The fourth-order valence-electron chi connectivity index (χ4n) is 8.68. The molecule has 3 aliphatic heterocycles. The summed E-state index contributed by atoms with van der Waals surface area (Å²) in [5.74, 6) is 10.6. The standard InChI is InChI=1S/C22H20FN3O.C14H16BrN3O.C12H12BrN3O.C8H5F.C2H5I/c1-2-25-12-11-21-24-20-15-17(4-3-16-5-8-18(23)9-6-16)7-10-19(20)22(27)26(21)14-13-25;1-2-17-6-5-13-16-12-9-10(15)3-4-11(12)14(19)18(13)8-7-17;13-8-1-2-9-10(7-8)15-11-3-4-14-5-6-16(11)12(9)17;1-2-7-3-5-8(9)6-4-7;1-2-3/h5-10,15H,2,11-14H2,1H3;3-4,9H,2,5-8H2,1H3;1-2,7,14H,3-6H2;1,3-6H;2H2,1H3. The number of halogens is 5. The zero-order valence-corrected chi connectivity index (χ0v) is 47.5. The number of likely N-dealkylation sites (N-methyl/N-ethyl adjacent to an activating group) is 2. The molecular weight excluding hydrogens is 1200 g/mol. The predicted molar refractivity (Wildman–Crippen MR) is 313 cm³/mol. The van der Waals surface area contributed by atoms with Gasteiger partial charge in [-0.3, -0.25) is 28.1 Å². The molecule has 3 aliphatic rings. The van der Waals surface area contributed by atoms with Gasteiger partial charge < -0.3 is 15.1 Å². The van der Waals surface area contributed by atoms with E-state index in [0.717, 1.165) is 127 Å². The van der Waals surface area contributed by atoms with Crippen LogP contribution >= 0.6 is 54.5 Å². The average Bonchev–Trinajstić information content (AvgIpc) is 3.89. The van der Waals surface area contributed by atoms with Crippen LogP contribution in [0.25, 0.3) is 32.7 Å². The van der Waals surface area contributed by atoms with E-state index in [1.54, 1.807) is 34.9 Å². The van der Waals surface area contributed by atoms with Crippen molar-refractivity contribution >= 4 is 87.2 Å².